The van der Waals surface area contributed by atoms with Gasteiger partial charge in [0.15, 0.2) is 0 Å². The predicted octanol–water partition coefficient (Wildman–Crippen LogP) is 3.40. The molecule has 0 aliphatic rings. The molecule has 0 heterocycles. The van der Waals surface area contributed by atoms with Crippen molar-refractivity contribution in [3.8, 4) is 0 Å². The highest BCUT2D eigenvalue weighted by molar-refractivity contribution is 5.95. The summed E-state index contributed by atoms with van der Waals surface area (Å²) in [6.45, 7) is 2.47. The van der Waals surface area contributed by atoms with Crippen LogP contribution in [0.15, 0.2) is 54.6 Å². The Balaban J connectivity index is 1.77. The number of aryl methyl sites for hydroxylation is 1. The van der Waals surface area contributed by atoms with Gasteiger partial charge >= 0.3 is 0 Å². The van der Waals surface area contributed by atoms with E-state index in [0.717, 1.165) is 12.8 Å². The smallest absolute Gasteiger partial charge is 0.251 e. The van der Waals surface area contributed by atoms with E-state index in [1.807, 2.05) is 25.1 Å². The van der Waals surface area contributed by atoms with Crippen LogP contribution in [0.2, 0.25) is 0 Å². The Kier molecular flexibility index (Phi) is 6.36. The fourth-order valence-electron chi connectivity index (χ4n) is 2.29. The van der Waals surface area contributed by atoms with Crippen LogP contribution >= 0.6 is 0 Å². The zero-order valence-electron chi connectivity index (χ0n) is 13.3. The topological polar surface area (TPSA) is 58.2 Å². The van der Waals surface area contributed by atoms with Crippen LogP contribution in [0.4, 0.5) is 5.69 Å². The first-order chi connectivity index (χ1) is 11.2. The zero-order chi connectivity index (χ0) is 16.5. The van der Waals surface area contributed by atoms with Crippen LogP contribution in [-0.2, 0) is 11.2 Å². The molecule has 120 valence electrons. The lowest BCUT2D eigenvalue weighted by Crippen LogP contribution is -2.22. The first kappa shape index (κ1) is 16.7. The summed E-state index contributed by atoms with van der Waals surface area (Å²) in [7, 11) is 0. The quantitative estimate of drug-likeness (QED) is 0.823. The van der Waals surface area contributed by atoms with E-state index in [4.69, 9.17) is 0 Å². The lowest BCUT2D eigenvalue weighted by atomic mass is 10.1. The number of anilines is 1. The third-order valence-electron chi connectivity index (χ3n) is 3.48. The van der Waals surface area contributed by atoms with Crippen molar-refractivity contribution in [1.29, 1.82) is 0 Å². The molecule has 0 saturated carbocycles. The van der Waals surface area contributed by atoms with Gasteiger partial charge in [-0.2, -0.15) is 0 Å². The van der Waals surface area contributed by atoms with E-state index in [9.17, 15) is 9.59 Å². The second-order valence-corrected chi connectivity index (χ2v) is 5.32. The van der Waals surface area contributed by atoms with E-state index in [0.29, 0.717) is 24.2 Å². The molecule has 0 aliphatic heterocycles. The Labute approximate surface area is 136 Å². The van der Waals surface area contributed by atoms with E-state index < -0.39 is 0 Å². The van der Waals surface area contributed by atoms with E-state index >= 15 is 0 Å². The molecule has 4 heteroatoms. The number of amides is 2. The minimum Gasteiger partial charge on any atom is -0.352 e. The average Bonchev–Trinajstić information content (AvgIpc) is 2.57. The van der Waals surface area contributed by atoms with Crippen LogP contribution in [0.3, 0.4) is 0 Å². The highest BCUT2D eigenvalue weighted by Gasteiger charge is 2.06. The molecule has 2 amide bonds. The fourth-order valence-corrected chi connectivity index (χ4v) is 2.29. The maximum atomic E-state index is 11.9. The Morgan fingerprint density at radius 1 is 0.957 bits per heavy atom. The summed E-state index contributed by atoms with van der Waals surface area (Å²) in [5.74, 6) is -0.111. The normalized spacial score (nSPS) is 10.1. The number of carbonyl (C=O) groups is 2. The Bertz CT molecular complexity index is 636. The molecule has 0 bridgehead atoms. The van der Waals surface area contributed by atoms with Gasteiger partial charge in [0.1, 0.15) is 0 Å². The van der Waals surface area contributed by atoms with Crippen LogP contribution in [0, 0.1) is 0 Å². The van der Waals surface area contributed by atoms with Gasteiger partial charge in [0, 0.05) is 24.2 Å². The lowest BCUT2D eigenvalue weighted by Gasteiger charge is -2.07. The number of hydrogen-bond acceptors (Lipinski definition) is 2. The van der Waals surface area contributed by atoms with Gasteiger partial charge in [-0.15, -0.1) is 0 Å². The molecule has 0 aromatic heterocycles. The number of carbonyl (C=O) groups excluding carboxylic acids is 2. The molecular weight excluding hydrogens is 288 g/mol. The number of benzene rings is 2. The Hall–Kier alpha value is -2.62. The second-order valence-electron chi connectivity index (χ2n) is 5.32. The van der Waals surface area contributed by atoms with Crippen molar-refractivity contribution in [2.24, 2.45) is 0 Å². The number of rotatable bonds is 7. The first-order valence-corrected chi connectivity index (χ1v) is 7.91. The summed E-state index contributed by atoms with van der Waals surface area (Å²) in [6, 6.07) is 17.1. The van der Waals surface area contributed by atoms with Gasteiger partial charge < -0.3 is 10.6 Å². The summed E-state index contributed by atoms with van der Waals surface area (Å²) in [5, 5.41) is 5.59. The van der Waals surface area contributed by atoms with Crippen molar-refractivity contribution in [3.63, 3.8) is 0 Å². The highest BCUT2D eigenvalue weighted by Crippen LogP contribution is 2.11. The molecule has 23 heavy (non-hydrogen) atoms. The molecule has 0 fully saturated rings. The third kappa shape index (κ3) is 5.58. The van der Waals surface area contributed by atoms with Gasteiger partial charge in [-0.05, 0) is 49.6 Å². The summed E-state index contributed by atoms with van der Waals surface area (Å²) in [6.07, 6.45) is 2.18. The largest absolute Gasteiger partial charge is 0.352 e. The van der Waals surface area contributed by atoms with Gasteiger partial charge in [0.25, 0.3) is 5.91 Å². The molecule has 2 rings (SSSR count). The van der Waals surface area contributed by atoms with Crippen molar-refractivity contribution >= 4 is 17.5 Å². The molecule has 2 aromatic rings. The average molecular weight is 310 g/mol. The van der Waals surface area contributed by atoms with Gasteiger partial charge in [-0.3, -0.25) is 9.59 Å². The molecule has 0 saturated heterocycles. The van der Waals surface area contributed by atoms with Gasteiger partial charge in [-0.25, -0.2) is 0 Å². The number of nitrogens with one attached hydrogen (secondary N) is 2. The second kappa shape index (κ2) is 8.73. The van der Waals surface area contributed by atoms with Crippen molar-refractivity contribution in [1.82, 2.24) is 5.32 Å². The van der Waals surface area contributed by atoms with Crippen molar-refractivity contribution < 1.29 is 9.59 Å². The van der Waals surface area contributed by atoms with E-state index in [-0.39, 0.29) is 11.8 Å². The van der Waals surface area contributed by atoms with Crippen LogP contribution in [0.1, 0.15) is 35.7 Å². The minimum atomic E-state index is -0.103. The molecule has 2 aromatic carbocycles. The minimum absolute atomic E-state index is 0.00769. The highest BCUT2D eigenvalue weighted by atomic mass is 16.2. The van der Waals surface area contributed by atoms with Crippen molar-refractivity contribution in [2.75, 3.05) is 11.9 Å². The van der Waals surface area contributed by atoms with Gasteiger partial charge in [-0.1, -0.05) is 30.3 Å². The molecule has 0 aliphatic carbocycles. The third-order valence-corrected chi connectivity index (χ3v) is 3.48. The van der Waals surface area contributed by atoms with E-state index in [1.165, 1.54) is 5.56 Å². The van der Waals surface area contributed by atoms with Crippen LogP contribution in [-0.4, -0.2) is 18.4 Å². The maximum Gasteiger partial charge on any atom is 0.251 e. The molecule has 2 N–H and O–H groups in total. The fraction of sp³-hybridized carbons (Fsp3) is 0.263. The van der Waals surface area contributed by atoms with E-state index in [2.05, 4.69) is 22.8 Å². The molecule has 0 spiro atoms. The standard InChI is InChI=1S/C19H22N2O2/c1-2-20-19(23)16-11-13-17(14-12-16)21-18(22)10-6-9-15-7-4-3-5-8-15/h3-5,7-8,11-14H,2,6,9-10H2,1H3,(H,20,23)(H,21,22). The maximum absolute atomic E-state index is 11.9. The predicted molar refractivity (Wildman–Crippen MR) is 92.5 cm³/mol. The molecule has 0 radical (unpaired) electrons. The van der Waals surface area contributed by atoms with Crippen LogP contribution < -0.4 is 10.6 Å². The Morgan fingerprint density at radius 3 is 2.30 bits per heavy atom. The monoisotopic (exact) mass is 310 g/mol. The lowest BCUT2D eigenvalue weighted by molar-refractivity contribution is -0.116. The van der Waals surface area contributed by atoms with Gasteiger partial charge in [0.05, 0.1) is 0 Å². The summed E-state index contributed by atoms with van der Waals surface area (Å²) in [5.41, 5.74) is 2.54. The van der Waals surface area contributed by atoms with Crippen LogP contribution in [0.5, 0.6) is 0 Å². The van der Waals surface area contributed by atoms with E-state index in [1.54, 1.807) is 24.3 Å². The van der Waals surface area contributed by atoms with Crippen molar-refractivity contribution in [3.05, 3.63) is 65.7 Å². The summed E-state index contributed by atoms with van der Waals surface area (Å²) >= 11 is 0. The van der Waals surface area contributed by atoms with Gasteiger partial charge in [0.2, 0.25) is 5.91 Å². The summed E-state index contributed by atoms with van der Waals surface area (Å²) < 4.78 is 0. The molecular formula is C19H22N2O2. The van der Waals surface area contributed by atoms with Crippen LogP contribution in [0.25, 0.3) is 0 Å². The van der Waals surface area contributed by atoms with Crippen molar-refractivity contribution in [2.45, 2.75) is 26.2 Å². The zero-order valence-corrected chi connectivity index (χ0v) is 13.3. The SMILES string of the molecule is CCNC(=O)c1ccc(NC(=O)CCCc2ccccc2)cc1. The number of hydrogen-bond donors (Lipinski definition) is 2. The first-order valence-electron chi connectivity index (χ1n) is 7.91. The Morgan fingerprint density at radius 2 is 1.65 bits per heavy atom. The summed E-state index contributed by atoms with van der Waals surface area (Å²) in [4.78, 5) is 23.6. The molecule has 4 nitrogen and oxygen atoms in total. The molecule has 0 unspecified atom stereocenters. The molecule has 0 atom stereocenters.